The fourth-order valence-corrected chi connectivity index (χ4v) is 1.53. The Bertz CT molecular complexity index is 397. The van der Waals surface area contributed by atoms with E-state index in [1.54, 1.807) is 21.0 Å². The van der Waals surface area contributed by atoms with Crippen LogP contribution in [-0.2, 0) is 14.6 Å². The van der Waals surface area contributed by atoms with E-state index in [9.17, 15) is 8.42 Å². The molecule has 0 fully saturated rings. The first-order valence-corrected chi connectivity index (χ1v) is 8.26. The Kier molecular flexibility index (Phi) is 10.8. The molecule has 0 amide bonds. The van der Waals surface area contributed by atoms with Gasteiger partial charge in [-0.1, -0.05) is 0 Å². The number of sulfone groups is 1. The van der Waals surface area contributed by atoms with Gasteiger partial charge in [-0.25, -0.2) is 8.42 Å². The lowest BCUT2D eigenvalue weighted by Crippen LogP contribution is -2.45. The number of nitrogens with one attached hydrogen (secondary N) is 2. The average molecular weight is 421 g/mol. The number of halogens is 1. The zero-order valence-electron chi connectivity index (χ0n) is 13.2. The number of ether oxygens (including phenoxy) is 1. The summed E-state index contributed by atoms with van der Waals surface area (Å²) in [6.45, 7) is 8.76. The van der Waals surface area contributed by atoms with Crippen molar-refractivity contribution in [2.75, 3.05) is 33.1 Å². The summed E-state index contributed by atoms with van der Waals surface area (Å²) in [4.78, 5) is 4.33. The number of hydrogen-bond donors (Lipinski definition) is 2. The van der Waals surface area contributed by atoms with Gasteiger partial charge in [0.25, 0.3) is 0 Å². The van der Waals surface area contributed by atoms with E-state index in [2.05, 4.69) is 15.6 Å². The smallest absolute Gasteiger partial charge is 0.191 e. The SMILES string of the molecule is CCNC(=NCC(C)(C)S(C)(=O)=O)NC(C)COC.I. The summed E-state index contributed by atoms with van der Waals surface area (Å²) in [6.07, 6.45) is 1.23. The largest absolute Gasteiger partial charge is 0.383 e. The van der Waals surface area contributed by atoms with Gasteiger partial charge >= 0.3 is 0 Å². The van der Waals surface area contributed by atoms with Gasteiger partial charge in [-0.3, -0.25) is 4.99 Å². The van der Waals surface area contributed by atoms with Crippen LogP contribution in [0.4, 0.5) is 0 Å². The Morgan fingerprint density at radius 2 is 1.95 bits per heavy atom. The van der Waals surface area contributed by atoms with Gasteiger partial charge in [-0.2, -0.15) is 0 Å². The summed E-state index contributed by atoms with van der Waals surface area (Å²) >= 11 is 0. The summed E-state index contributed by atoms with van der Waals surface area (Å²) in [6, 6.07) is 0.101. The Morgan fingerprint density at radius 1 is 1.40 bits per heavy atom. The molecule has 0 radical (unpaired) electrons. The summed E-state index contributed by atoms with van der Waals surface area (Å²) in [5, 5.41) is 6.25. The Morgan fingerprint density at radius 3 is 2.35 bits per heavy atom. The van der Waals surface area contributed by atoms with Crippen molar-refractivity contribution < 1.29 is 13.2 Å². The zero-order valence-corrected chi connectivity index (χ0v) is 16.3. The summed E-state index contributed by atoms with van der Waals surface area (Å²) in [5.41, 5.74) is 0. The molecule has 0 aliphatic heterocycles. The van der Waals surface area contributed by atoms with Gasteiger partial charge in [-0.15, -0.1) is 24.0 Å². The molecule has 0 aromatic rings. The number of rotatable bonds is 7. The van der Waals surface area contributed by atoms with Crippen molar-refractivity contribution in [2.24, 2.45) is 4.99 Å². The van der Waals surface area contributed by atoms with Crippen molar-refractivity contribution in [1.82, 2.24) is 10.6 Å². The van der Waals surface area contributed by atoms with Gasteiger partial charge in [0, 0.05) is 26.0 Å². The first kappa shape index (κ1) is 22.2. The number of guanidine groups is 1. The van der Waals surface area contributed by atoms with Crippen LogP contribution in [-0.4, -0.2) is 58.2 Å². The van der Waals surface area contributed by atoms with E-state index in [4.69, 9.17) is 4.74 Å². The molecule has 0 aromatic heterocycles. The van der Waals surface area contributed by atoms with Gasteiger partial charge < -0.3 is 15.4 Å². The maximum absolute atomic E-state index is 11.6. The molecule has 1 atom stereocenters. The predicted molar refractivity (Wildman–Crippen MR) is 94.8 cm³/mol. The maximum atomic E-state index is 11.6. The van der Waals surface area contributed by atoms with Crippen molar-refractivity contribution in [3.8, 4) is 0 Å². The van der Waals surface area contributed by atoms with Crippen molar-refractivity contribution in [2.45, 2.75) is 38.5 Å². The third-order valence-corrected chi connectivity index (χ3v) is 4.90. The Labute approximate surface area is 140 Å². The number of hydrogen-bond acceptors (Lipinski definition) is 4. The molecule has 0 spiro atoms. The lowest BCUT2D eigenvalue weighted by atomic mass is 10.2. The van der Waals surface area contributed by atoms with Crippen LogP contribution in [0.25, 0.3) is 0 Å². The van der Waals surface area contributed by atoms with E-state index < -0.39 is 14.6 Å². The number of methoxy groups -OCH3 is 1. The lowest BCUT2D eigenvalue weighted by Gasteiger charge is -2.22. The van der Waals surface area contributed by atoms with Crippen molar-refractivity contribution in [3.05, 3.63) is 0 Å². The number of aliphatic imine (C=N–C) groups is 1. The summed E-state index contributed by atoms with van der Waals surface area (Å²) in [5.74, 6) is 0.601. The molecule has 0 aromatic carbocycles. The third-order valence-electron chi connectivity index (χ3n) is 2.77. The molecule has 0 aliphatic carbocycles. The molecular weight excluding hydrogens is 393 g/mol. The van der Waals surface area contributed by atoms with Crippen LogP contribution in [0, 0.1) is 0 Å². The standard InChI is InChI=1S/C12H27N3O3S.HI/c1-7-13-11(15-10(2)8-18-5)14-9-12(3,4)19(6,16)17;/h10H,7-9H2,1-6H3,(H2,13,14,15);1H. The topological polar surface area (TPSA) is 79.8 Å². The molecule has 2 N–H and O–H groups in total. The van der Waals surface area contributed by atoms with E-state index in [-0.39, 0.29) is 36.6 Å². The molecule has 0 rings (SSSR count). The van der Waals surface area contributed by atoms with Crippen molar-refractivity contribution in [3.63, 3.8) is 0 Å². The number of nitrogens with zero attached hydrogens (tertiary/aromatic N) is 1. The van der Waals surface area contributed by atoms with Crippen LogP contribution < -0.4 is 10.6 Å². The van der Waals surface area contributed by atoms with Crippen LogP contribution in [0.5, 0.6) is 0 Å². The maximum Gasteiger partial charge on any atom is 0.191 e. The predicted octanol–water partition coefficient (Wildman–Crippen LogP) is 1.02. The average Bonchev–Trinajstić information content (AvgIpc) is 2.25. The second kappa shape index (κ2) is 9.78. The molecule has 0 bridgehead atoms. The molecule has 6 nitrogen and oxygen atoms in total. The first-order chi connectivity index (χ1) is 8.64. The highest BCUT2D eigenvalue weighted by molar-refractivity contribution is 14.0. The van der Waals surface area contributed by atoms with Crippen LogP contribution in [0.3, 0.4) is 0 Å². The molecule has 8 heteroatoms. The van der Waals surface area contributed by atoms with Crippen LogP contribution >= 0.6 is 24.0 Å². The molecule has 20 heavy (non-hydrogen) atoms. The van der Waals surface area contributed by atoms with Crippen LogP contribution in [0.15, 0.2) is 4.99 Å². The van der Waals surface area contributed by atoms with Gasteiger partial charge in [0.05, 0.1) is 17.9 Å². The Hall–Kier alpha value is -0.0900. The van der Waals surface area contributed by atoms with Gasteiger partial charge in [0.2, 0.25) is 0 Å². The molecular formula is C12H28IN3O3S. The second-order valence-electron chi connectivity index (χ2n) is 5.23. The summed E-state index contributed by atoms with van der Waals surface area (Å²) < 4.78 is 27.4. The highest BCUT2D eigenvalue weighted by Crippen LogP contribution is 2.15. The van der Waals surface area contributed by atoms with E-state index in [0.717, 1.165) is 0 Å². The van der Waals surface area contributed by atoms with Crippen LogP contribution in [0.1, 0.15) is 27.7 Å². The molecule has 0 heterocycles. The minimum absolute atomic E-state index is 0. The fraction of sp³-hybridized carbons (Fsp3) is 0.917. The zero-order chi connectivity index (χ0) is 15.1. The van der Waals surface area contributed by atoms with E-state index in [0.29, 0.717) is 19.1 Å². The molecule has 122 valence electrons. The third kappa shape index (κ3) is 8.25. The molecule has 1 unspecified atom stereocenters. The van der Waals surface area contributed by atoms with E-state index in [1.165, 1.54) is 6.26 Å². The Balaban J connectivity index is 0. The minimum atomic E-state index is -3.14. The fourth-order valence-electron chi connectivity index (χ4n) is 1.23. The van der Waals surface area contributed by atoms with Gasteiger partial charge in [0.15, 0.2) is 15.8 Å². The summed E-state index contributed by atoms with van der Waals surface area (Å²) in [7, 11) is -1.51. The van der Waals surface area contributed by atoms with E-state index in [1.807, 2.05) is 13.8 Å². The van der Waals surface area contributed by atoms with Crippen LogP contribution in [0.2, 0.25) is 0 Å². The lowest BCUT2D eigenvalue weighted by molar-refractivity contribution is 0.179. The van der Waals surface area contributed by atoms with Crippen molar-refractivity contribution >= 4 is 39.8 Å². The highest BCUT2D eigenvalue weighted by atomic mass is 127. The first-order valence-electron chi connectivity index (χ1n) is 6.37. The molecule has 0 saturated carbocycles. The second-order valence-corrected chi connectivity index (χ2v) is 7.88. The highest BCUT2D eigenvalue weighted by Gasteiger charge is 2.29. The quantitative estimate of drug-likeness (QED) is 0.365. The van der Waals surface area contributed by atoms with Crippen molar-refractivity contribution in [1.29, 1.82) is 0 Å². The van der Waals surface area contributed by atoms with Gasteiger partial charge in [-0.05, 0) is 27.7 Å². The minimum Gasteiger partial charge on any atom is -0.383 e. The molecule has 0 aliphatic rings. The normalized spacial score (nSPS) is 14.4. The van der Waals surface area contributed by atoms with E-state index >= 15 is 0 Å². The molecule has 0 saturated heterocycles. The van der Waals surface area contributed by atoms with Gasteiger partial charge in [0.1, 0.15) is 0 Å². The monoisotopic (exact) mass is 421 g/mol.